The molecule has 0 nitrogen and oxygen atoms in total. The maximum absolute atomic E-state index is 2.48. The van der Waals surface area contributed by atoms with Crippen LogP contribution in [0.2, 0.25) is 0 Å². The van der Waals surface area contributed by atoms with E-state index in [1.807, 2.05) is 0 Å². The Bertz CT molecular complexity index is 131. The van der Waals surface area contributed by atoms with Crippen molar-refractivity contribution < 1.29 is 0 Å². The largest absolute Gasteiger partial charge is 0.0851 e. The Kier molecular flexibility index (Phi) is 8.18. The van der Waals surface area contributed by atoms with Gasteiger partial charge < -0.3 is 0 Å². The van der Waals surface area contributed by atoms with Gasteiger partial charge in [0, 0.05) is 0 Å². The molecule has 0 heteroatoms. The van der Waals surface area contributed by atoms with Gasteiger partial charge in [0.2, 0.25) is 0 Å². The van der Waals surface area contributed by atoms with E-state index in [0.717, 1.165) is 5.92 Å². The van der Waals surface area contributed by atoms with E-state index < -0.39 is 0 Å². The zero-order valence-electron chi connectivity index (χ0n) is 9.90. The third kappa shape index (κ3) is 6.86. The molecule has 0 N–H and O–H groups in total. The second kappa shape index (κ2) is 8.34. The van der Waals surface area contributed by atoms with Crippen LogP contribution >= 0.6 is 0 Å². The van der Waals surface area contributed by atoms with E-state index in [9.17, 15) is 0 Å². The van der Waals surface area contributed by atoms with Crippen molar-refractivity contribution in [2.24, 2.45) is 5.92 Å². The molecule has 0 atom stereocenters. The summed E-state index contributed by atoms with van der Waals surface area (Å²) in [5.41, 5.74) is 1.68. The number of hydrogen-bond acceptors (Lipinski definition) is 0. The van der Waals surface area contributed by atoms with Crippen LogP contribution in [0.3, 0.4) is 0 Å². The Balaban J connectivity index is 3.84. The Morgan fingerprint density at radius 1 is 1.08 bits per heavy atom. The molecule has 78 valence electrons. The fraction of sp³-hybridized carbons (Fsp3) is 0.846. The highest BCUT2D eigenvalue weighted by molar-refractivity contribution is 5.04. The van der Waals surface area contributed by atoms with Gasteiger partial charge in [0.25, 0.3) is 0 Å². The van der Waals surface area contributed by atoms with Gasteiger partial charge in [0.1, 0.15) is 0 Å². The third-order valence-electron chi connectivity index (χ3n) is 2.52. The van der Waals surface area contributed by atoms with Crippen LogP contribution in [0.15, 0.2) is 11.6 Å². The van der Waals surface area contributed by atoms with Gasteiger partial charge in [-0.1, -0.05) is 58.6 Å². The molecule has 0 fully saturated rings. The summed E-state index contributed by atoms with van der Waals surface area (Å²) in [6, 6.07) is 0. The molecule has 0 aromatic heterocycles. The monoisotopic (exact) mass is 182 g/mol. The molecular formula is C13H26. The van der Waals surface area contributed by atoms with Gasteiger partial charge in [-0.05, 0) is 25.2 Å². The van der Waals surface area contributed by atoms with Gasteiger partial charge in [-0.25, -0.2) is 0 Å². The van der Waals surface area contributed by atoms with Crippen molar-refractivity contribution in [1.82, 2.24) is 0 Å². The lowest BCUT2D eigenvalue weighted by molar-refractivity contribution is 0.663. The van der Waals surface area contributed by atoms with E-state index in [4.69, 9.17) is 0 Å². The molecule has 0 aliphatic rings. The first-order valence-corrected chi connectivity index (χ1v) is 5.91. The molecule has 0 aromatic carbocycles. The third-order valence-corrected chi connectivity index (χ3v) is 2.52. The maximum atomic E-state index is 2.48. The molecule has 0 radical (unpaired) electrons. The Hall–Kier alpha value is -0.260. The van der Waals surface area contributed by atoms with E-state index in [1.165, 1.54) is 38.5 Å². The fourth-order valence-electron chi connectivity index (χ4n) is 1.50. The second-order valence-corrected chi connectivity index (χ2v) is 4.18. The predicted molar refractivity (Wildman–Crippen MR) is 62.0 cm³/mol. The van der Waals surface area contributed by atoms with Crippen LogP contribution in [-0.2, 0) is 0 Å². The van der Waals surface area contributed by atoms with Crippen molar-refractivity contribution in [2.75, 3.05) is 0 Å². The molecule has 13 heavy (non-hydrogen) atoms. The van der Waals surface area contributed by atoms with E-state index >= 15 is 0 Å². The van der Waals surface area contributed by atoms with Crippen molar-refractivity contribution in [3.8, 4) is 0 Å². The summed E-state index contributed by atoms with van der Waals surface area (Å²) < 4.78 is 0. The number of hydrogen-bond donors (Lipinski definition) is 0. The second-order valence-electron chi connectivity index (χ2n) is 4.18. The SMILES string of the molecule is CCCC/C=C(\CCCC)C(C)C. The highest BCUT2D eigenvalue weighted by atomic mass is 14.1. The lowest BCUT2D eigenvalue weighted by atomic mass is 9.96. The zero-order chi connectivity index (χ0) is 10.1. The summed E-state index contributed by atoms with van der Waals surface area (Å²) in [6.07, 6.45) is 10.4. The molecular weight excluding hydrogens is 156 g/mol. The van der Waals surface area contributed by atoms with Crippen molar-refractivity contribution in [3.63, 3.8) is 0 Å². The standard InChI is InChI=1S/C13H26/c1-5-7-9-11-13(12(3)4)10-8-6-2/h11-12H,5-10H2,1-4H3/b13-11+. The van der Waals surface area contributed by atoms with Crippen molar-refractivity contribution in [3.05, 3.63) is 11.6 Å². The highest BCUT2D eigenvalue weighted by Gasteiger charge is 2.01. The summed E-state index contributed by atoms with van der Waals surface area (Å²) in [7, 11) is 0. The van der Waals surface area contributed by atoms with Crippen molar-refractivity contribution in [2.45, 2.75) is 66.2 Å². The van der Waals surface area contributed by atoms with Crippen LogP contribution < -0.4 is 0 Å². The predicted octanol–water partition coefficient (Wildman–Crippen LogP) is 4.95. The molecule has 0 aromatic rings. The highest BCUT2D eigenvalue weighted by Crippen LogP contribution is 2.18. The maximum Gasteiger partial charge on any atom is -0.0260 e. The normalized spacial score (nSPS) is 12.5. The molecule has 0 rings (SSSR count). The summed E-state index contributed by atoms with van der Waals surface area (Å²) in [5, 5.41) is 0. The summed E-state index contributed by atoms with van der Waals surface area (Å²) >= 11 is 0. The minimum atomic E-state index is 0.753. The Morgan fingerprint density at radius 3 is 2.15 bits per heavy atom. The van der Waals surface area contributed by atoms with Gasteiger partial charge in [-0.3, -0.25) is 0 Å². The number of rotatable bonds is 7. The average molecular weight is 182 g/mol. The number of unbranched alkanes of at least 4 members (excludes halogenated alkanes) is 3. The lowest BCUT2D eigenvalue weighted by Crippen LogP contribution is -1.94. The smallest absolute Gasteiger partial charge is 0.0260 e. The topological polar surface area (TPSA) is 0 Å². The molecule has 0 aliphatic heterocycles. The molecule has 0 aliphatic carbocycles. The molecule has 0 amide bonds. The minimum absolute atomic E-state index is 0.753. The van der Waals surface area contributed by atoms with Crippen molar-refractivity contribution >= 4 is 0 Å². The quantitative estimate of drug-likeness (QED) is 0.386. The van der Waals surface area contributed by atoms with E-state index in [-0.39, 0.29) is 0 Å². The molecule has 0 unspecified atom stereocenters. The first kappa shape index (κ1) is 12.7. The average Bonchev–Trinajstić information content (AvgIpc) is 2.10. The Morgan fingerprint density at radius 2 is 1.69 bits per heavy atom. The van der Waals surface area contributed by atoms with Crippen LogP contribution in [-0.4, -0.2) is 0 Å². The van der Waals surface area contributed by atoms with Gasteiger partial charge in [0.15, 0.2) is 0 Å². The van der Waals surface area contributed by atoms with Gasteiger partial charge in [-0.2, -0.15) is 0 Å². The van der Waals surface area contributed by atoms with Crippen molar-refractivity contribution in [1.29, 1.82) is 0 Å². The van der Waals surface area contributed by atoms with Crippen LogP contribution in [0.5, 0.6) is 0 Å². The first-order valence-electron chi connectivity index (χ1n) is 5.91. The van der Waals surface area contributed by atoms with Crippen LogP contribution in [0.1, 0.15) is 66.2 Å². The fourth-order valence-corrected chi connectivity index (χ4v) is 1.50. The lowest BCUT2D eigenvalue weighted by Gasteiger charge is -2.10. The zero-order valence-corrected chi connectivity index (χ0v) is 9.90. The van der Waals surface area contributed by atoms with Gasteiger partial charge in [0.05, 0.1) is 0 Å². The summed E-state index contributed by atoms with van der Waals surface area (Å²) in [6.45, 7) is 9.15. The van der Waals surface area contributed by atoms with Gasteiger partial charge in [-0.15, -0.1) is 0 Å². The summed E-state index contributed by atoms with van der Waals surface area (Å²) in [5.74, 6) is 0.753. The van der Waals surface area contributed by atoms with E-state index in [2.05, 4.69) is 33.8 Å². The first-order chi connectivity index (χ1) is 6.22. The van der Waals surface area contributed by atoms with E-state index in [1.54, 1.807) is 5.57 Å². The molecule has 0 saturated carbocycles. The molecule has 0 spiro atoms. The van der Waals surface area contributed by atoms with E-state index in [0.29, 0.717) is 0 Å². The minimum Gasteiger partial charge on any atom is -0.0851 e. The number of allylic oxidation sites excluding steroid dienone is 2. The van der Waals surface area contributed by atoms with Crippen LogP contribution in [0.25, 0.3) is 0 Å². The Labute approximate surface area is 84.4 Å². The summed E-state index contributed by atoms with van der Waals surface area (Å²) in [4.78, 5) is 0. The van der Waals surface area contributed by atoms with Crippen LogP contribution in [0, 0.1) is 5.92 Å². The molecule has 0 heterocycles. The van der Waals surface area contributed by atoms with Gasteiger partial charge >= 0.3 is 0 Å². The molecule has 0 bridgehead atoms. The van der Waals surface area contributed by atoms with Crippen LogP contribution in [0.4, 0.5) is 0 Å². The molecule has 0 saturated heterocycles.